The van der Waals surface area contributed by atoms with Crippen molar-refractivity contribution >= 4 is 23.4 Å². The van der Waals surface area contributed by atoms with Crippen molar-refractivity contribution in [3.05, 3.63) is 77.1 Å². The second-order valence-corrected chi connectivity index (χ2v) is 5.90. The molecule has 0 spiro atoms. The lowest BCUT2D eigenvalue weighted by Crippen LogP contribution is -1.92. The molecule has 6 heteroatoms. The van der Waals surface area contributed by atoms with Gasteiger partial charge in [-0.05, 0) is 42.0 Å². The molecule has 0 bridgehead atoms. The zero-order valence-electron chi connectivity index (χ0n) is 14.8. The first-order valence-corrected chi connectivity index (χ1v) is 8.39. The lowest BCUT2D eigenvalue weighted by atomic mass is 10.1. The highest BCUT2D eigenvalue weighted by Crippen LogP contribution is 2.27. The van der Waals surface area contributed by atoms with Gasteiger partial charge in [-0.15, -0.1) is 0 Å². The van der Waals surface area contributed by atoms with Gasteiger partial charge in [0.1, 0.15) is 11.5 Å². The summed E-state index contributed by atoms with van der Waals surface area (Å²) in [4.78, 5) is 0. The molecule has 136 valence electrons. The normalized spacial score (nSPS) is 9.81. The molecule has 0 saturated heterocycles. The predicted molar refractivity (Wildman–Crippen MR) is 107 cm³/mol. The van der Waals surface area contributed by atoms with Crippen LogP contribution < -0.4 is 10.1 Å². The van der Waals surface area contributed by atoms with E-state index in [2.05, 4.69) is 22.1 Å². The number of ether oxygens (including phenoxy) is 1. The van der Waals surface area contributed by atoms with E-state index in [1.165, 1.54) is 5.56 Å². The number of nitrogens with one attached hydrogen (secondary N) is 2. The SMILES string of the molecule is C=Cc1cc(Cc2ccc(Cl)cc2)[nH]n1.CNc1cc(O)ccc1OC. The zero-order valence-corrected chi connectivity index (χ0v) is 15.5. The number of phenolic OH excluding ortho intramolecular Hbond substituents is 1. The van der Waals surface area contributed by atoms with Crippen molar-refractivity contribution in [3.63, 3.8) is 0 Å². The van der Waals surface area contributed by atoms with Crippen molar-refractivity contribution in [1.82, 2.24) is 10.2 Å². The summed E-state index contributed by atoms with van der Waals surface area (Å²) in [6.45, 7) is 3.66. The van der Waals surface area contributed by atoms with Gasteiger partial charge < -0.3 is 15.2 Å². The van der Waals surface area contributed by atoms with Gasteiger partial charge in [0.25, 0.3) is 0 Å². The fourth-order valence-electron chi connectivity index (χ4n) is 2.29. The average Bonchev–Trinajstić information content (AvgIpc) is 3.11. The third-order valence-corrected chi connectivity index (χ3v) is 3.87. The molecule has 0 unspecified atom stereocenters. The van der Waals surface area contributed by atoms with E-state index in [0.717, 1.165) is 34.3 Å². The zero-order chi connectivity index (χ0) is 18.9. The minimum Gasteiger partial charge on any atom is -0.508 e. The molecular formula is C20H22ClN3O2. The Morgan fingerprint density at radius 2 is 1.96 bits per heavy atom. The third kappa shape index (κ3) is 5.57. The number of anilines is 1. The van der Waals surface area contributed by atoms with Gasteiger partial charge >= 0.3 is 0 Å². The van der Waals surface area contributed by atoms with Crippen molar-refractivity contribution in [1.29, 1.82) is 0 Å². The van der Waals surface area contributed by atoms with Gasteiger partial charge in [0, 0.05) is 30.3 Å². The quantitative estimate of drug-likeness (QED) is 0.605. The van der Waals surface area contributed by atoms with E-state index in [4.69, 9.17) is 21.4 Å². The minimum absolute atomic E-state index is 0.232. The van der Waals surface area contributed by atoms with E-state index in [0.29, 0.717) is 0 Å². The molecule has 3 aromatic rings. The van der Waals surface area contributed by atoms with Crippen molar-refractivity contribution in [2.24, 2.45) is 0 Å². The molecule has 0 saturated carbocycles. The van der Waals surface area contributed by atoms with Crippen LogP contribution in [-0.4, -0.2) is 29.5 Å². The molecule has 1 heterocycles. The smallest absolute Gasteiger partial charge is 0.142 e. The Morgan fingerprint density at radius 3 is 2.54 bits per heavy atom. The van der Waals surface area contributed by atoms with E-state index in [-0.39, 0.29) is 5.75 Å². The minimum atomic E-state index is 0.232. The third-order valence-electron chi connectivity index (χ3n) is 3.62. The Morgan fingerprint density at radius 1 is 1.23 bits per heavy atom. The summed E-state index contributed by atoms with van der Waals surface area (Å²) in [6.07, 6.45) is 2.56. The molecule has 2 aromatic carbocycles. The van der Waals surface area contributed by atoms with Gasteiger partial charge in [0.05, 0.1) is 18.5 Å². The Kier molecular flexibility index (Phi) is 7.12. The fourth-order valence-corrected chi connectivity index (χ4v) is 2.41. The molecule has 3 rings (SSSR count). The number of H-pyrrole nitrogens is 1. The van der Waals surface area contributed by atoms with Crippen molar-refractivity contribution in [3.8, 4) is 11.5 Å². The molecule has 5 nitrogen and oxygen atoms in total. The number of halogens is 1. The van der Waals surface area contributed by atoms with Crippen LogP contribution in [0.2, 0.25) is 5.02 Å². The van der Waals surface area contributed by atoms with Crippen LogP contribution >= 0.6 is 11.6 Å². The predicted octanol–water partition coefficient (Wildman–Crippen LogP) is 4.74. The van der Waals surface area contributed by atoms with Gasteiger partial charge in [-0.3, -0.25) is 5.10 Å². The number of aromatic hydroxyl groups is 1. The molecular weight excluding hydrogens is 350 g/mol. The molecule has 0 fully saturated rings. The van der Waals surface area contributed by atoms with Gasteiger partial charge in [-0.2, -0.15) is 5.10 Å². The van der Waals surface area contributed by atoms with E-state index in [1.54, 1.807) is 38.4 Å². The molecule has 0 aliphatic rings. The fraction of sp³-hybridized carbons (Fsp3) is 0.150. The van der Waals surface area contributed by atoms with Crippen LogP contribution in [0.5, 0.6) is 11.5 Å². The number of nitrogens with zero attached hydrogens (tertiary/aromatic N) is 1. The van der Waals surface area contributed by atoms with Crippen LogP contribution in [0, 0.1) is 0 Å². The number of hydrogen-bond acceptors (Lipinski definition) is 4. The summed E-state index contributed by atoms with van der Waals surface area (Å²) >= 11 is 5.81. The highest BCUT2D eigenvalue weighted by Gasteiger charge is 2.00. The van der Waals surface area contributed by atoms with E-state index in [1.807, 2.05) is 30.3 Å². The molecule has 0 aliphatic heterocycles. The van der Waals surface area contributed by atoms with Gasteiger partial charge in [0.2, 0.25) is 0 Å². The second-order valence-electron chi connectivity index (χ2n) is 5.46. The standard InChI is InChI=1S/C12H11ClN2.C8H11NO2/c1-2-11-8-12(15-14-11)7-9-3-5-10(13)6-4-9;1-9-7-5-6(10)3-4-8(7)11-2/h2-6,8H,1,7H2,(H,14,15);3-5,9-10H,1-2H3. The molecule has 0 amide bonds. The van der Waals surface area contributed by atoms with Crippen molar-refractivity contribution < 1.29 is 9.84 Å². The summed E-state index contributed by atoms with van der Waals surface area (Å²) in [5.41, 5.74) is 3.94. The molecule has 1 aromatic heterocycles. The summed E-state index contributed by atoms with van der Waals surface area (Å²) in [5, 5.41) is 19.8. The summed E-state index contributed by atoms with van der Waals surface area (Å²) in [6, 6.07) is 14.7. The number of rotatable bonds is 5. The average molecular weight is 372 g/mol. The monoisotopic (exact) mass is 371 g/mol. The molecule has 3 N–H and O–H groups in total. The van der Waals surface area contributed by atoms with E-state index in [9.17, 15) is 0 Å². The number of aromatic amines is 1. The molecule has 0 aliphatic carbocycles. The van der Waals surface area contributed by atoms with Gasteiger partial charge in [0.15, 0.2) is 0 Å². The highest BCUT2D eigenvalue weighted by molar-refractivity contribution is 6.30. The largest absolute Gasteiger partial charge is 0.508 e. The first kappa shape index (κ1) is 19.4. The molecule has 0 radical (unpaired) electrons. The molecule has 0 atom stereocenters. The number of hydrogen-bond donors (Lipinski definition) is 3. The first-order chi connectivity index (χ1) is 12.5. The summed E-state index contributed by atoms with van der Waals surface area (Å²) < 4.78 is 5.02. The highest BCUT2D eigenvalue weighted by atomic mass is 35.5. The van der Waals surface area contributed by atoms with Gasteiger partial charge in [-0.1, -0.05) is 30.3 Å². The van der Waals surface area contributed by atoms with Crippen LogP contribution in [0.4, 0.5) is 5.69 Å². The summed E-state index contributed by atoms with van der Waals surface area (Å²) in [5.74, 6) is 0.959. The number of phenols is 1. The maximum atomic E-state index is 9.07. The van der Waals surface area contributed by atoms with Crippen LogP contribution in [0.25, 0.3) is 6.08 Å². The topological polar surface area (TPSA) is 70.2 Å². The maximum Gasteiger partial charge on any atom is 0.142 e. The maximum absolute atomic E-state index is 9.07. The van der Waals surface area contributed by atoms with E-state index >= 15 is 0 Å². The Hall–Kier alpha value is -2.92. The Balaban J connectivity index is 0.000000197. The number of aromatic nitrogens is 2. The van der Waals surface area contributed by atoms with Crippen molar-refractivity contribution in [2.45, 2.75) is 6.42 Å². The van der Waals surface area contributed by atoms with Crippen LogP contribution in [0.15, 0.2) is 55.1 Å². The number of methoxy groups -OCH3 is 1. The van der Waals surface area contributed by atoms with Crippen LogP contribution in [-0.2, 0) is 6.42 Å². The number of benzene rings is 2. The lowest BCUT2D eigenvalue weighted by Gasteiger charge is -2.06. The molecule has 26 heavy (non-hydrogen) atoms. The van der Waals surface area contributed by atoms with Crippen LogP contribution in [0.3, 0.4) is 0 Å². The second kappa shape index (κ2) is 9.53. The lowest BCUT2D eigenvalue weighted by molar-refractivity contribution is 0.414. The van der Waals surface area contributed by atoms with Crippen LogP contribution in [0.1, 0.15) is 17.0 Å². The Labute approximate surface area is 158 Å². The van der Waals surface area contributed by atoms with E-state index < -0.39 is 0 Å². The summed E-state index contributed by atoms with van der Waals surface area (Å²) in [7, 11) is 3.37. The van der Waals surface area contributed by atoms with Gasteiger partial charge in [-0.25, -0.2) is 0 Å². The van der Waals surface area contributed by atoms with Crippen molar-refractivity contribution in [2.75, 3.05) is 19.5 Å². The first-order valence-electron chi connectivity index (χ1n) is 8.01. The Bertz CT molecular complexity index is 845.